The van der Waals surface area contributed by atoms with Crippen molar-refractivity contribution in [3.63, 3.8) is 0 Å². The first-order valence-corrected chi connectivity index (χ1v) is 32.8. The van der Waals surface area contributed by atoms with Gasteiger partial charge >= 0.3 is 0 Å². The lowest BCUT2D eigenvalue weighted by atomic mass is 9.33. The molecule has 0 bridgehead atoms. The van der Waals surface area contributed by atoms with Crippen molar-refractivity contribution in [2.24, 2.45) is 0 Å². The molecule has 0 N–H and O–H groups in total. The van der Waals surface area contributed by atoms with Crippen molar-refractivity contribution >= 4 is 101 Å². The van der Waals surface area contributed by atoms with Crippen LogP contribution in [0.15, 0.2) is 332 Å². The molecule has 16 aromatic rings. The number of hydrogen-bond donors (Lipinski definition) is 0. The second-order valence-corrected chi connectivity index (χ2v) is 26.2. The summed E-state index contributed by atoms with van der Waals surface area (Å²) >= 11 is 0. The summed E-state index contributed by atoms with van der Waals surface area (Å²) < 4.78 is 6.93. The maximum absolute atomic E-state index is 6.93. The van der Waals surface area contributed by atoms with Crippen LogP contribution in [-0.4, -0.2) is 6.71 Å². The molecule has 0 atom stereocenters. The van der Waals surface area contributed by atoms with Crippen LogP contribution in [0.3, 0.4) is 0 Å². The zero-order valence-electron chi connectivity index (χ0n) is 52.6. The minimum absolute atomic E-state index is 0.248. The highest BCUT2D eigenvalue weighted by atomic mass is 16.3. The van der Waals surface area contributed by atoms with Crippen molar-refractivity contribution in [1.29, 1.82) is 0 Å². The normalized spacial score (nSPS) is 12.6. The Kier molecular flexibility index (Phi) is 12.9. The number of nitrogens with zero attached hydrogens (tertiary/aromatic N) is 2. The minimum atomic E-state index is -0.295. The summed E-state index contributed by atoms with van der Waals surface area (Å²) in [5.41, 5.74) is 29.3. The summed E-state index contributed by atoms with van der Waals surface area (Å²) in [7, 11) is 0. The van der Waals surface area contributed by atoms with Crippen LogP contribution in [0.1, 0.15) is 26.3 Å². The Bertz CT molecular complexity index is 5480. The van der Waals surface area contributed by atoms with E-state index in [4.69, 9.17) is 4.42 Å². The summed E-state index contributed by atoms with van der Waals surface area (Å²) in [6.45, 7) is 6.88. The van der Waals surface area contributed by atoms with Crippen LogP contribution in [0.5, 0.6) is 0 Å². The number of para-hydroxylation sites is 4. The number of furan rings is 1. The summed E-state index contributed by atoms with van der Waals surface area (Å²) in [6.07, 6.45) is 0. The molecule has 0 fully saturated rings. The minimum Gasteiger partial charge on any atom is -0.455 e. The quantitative estimate of drug-likeness (QED) is 0.106. The Morgan fingerprint density at radius 3 is 1.16 bits per heavy atom. The lowest BCUT2D eigenvalue weighted by Gasteiger charge is -2.46. The van der Waals surface area contributed by atoms with E-state index >= 15 is 0 Å². The first-order valence-electron chi connectivity index (χ1n) is 32.8. The van der Waals surface area contributed by atoms with Crippen LogP contribution in [0.25, 0.3) is 121 Å². The van der Waals surface area contributed by atoms with E-state index in [1.54, 1.807) is 0 Å². The monoisotopic (exact) mass is 1200 g/mol. The molecule has 0 unspecified atom stereocenters. The molecule has 442 valence electrons. The number of rotatable bonds is 9. The first-order chi connectivity index (χ1) is 46.3. The Balaban J connectivity index is 1.01. The van der Waals surface area contributed by atoms with E-state index in [1.807, 2.05) is 0 Å². The van der Waals surface area contributed by atoms with E-state index in [-0.39, 0.29) is 12.1 Å². The molecule has 0 radical (unpaired) electrons. The number of fused-ring (bicyclic) bond motifs is 9. The van der Waals surface area contributed by atoms with Crippen LogP contribution in [0.4, 0.5) is 34.1 Å². The lowest BCUT2D eigenvalue weighted by Crippen LogP contribution is -2.61. The zero-order valence-corrected chi connectivity index (χ0v) is 52.6. The molecule has 0 spiro atoms. The molecule has 94 heavy (non-hydrogen) atoms. The van der Waals surface area contributed by atoms with E-state index in [1.165, 1.54) is 60.2 Å². The van der Waals surface area contributed by atoms with Crippen LogP contribution in [0.2, 0.25) is 0 Å². The molecule has 18 rings (SSSR count). The van der Waals surface area contributed by atoms with Gasteiger partial charge in [0.1, 0.15) is 11.2 Å². The Morgan fingerprint density at radius 1 is 0.277 bits per heavy atom. The lowest BCUT2D eigenvalue weighted by molar-refractivity contribution is 0.590. The average molecular weight is 1200 g/mol. The standard InChI is InChI=1S/C90H63BN2O/c1-90(2,3)65-56-81-86-82(57-65)93(88-68(60-32-13-6-14-33-60)45-26-46-69(88)61-34-15-7-16-35-61)80-55-64(85-74-41-21-19-39-72(74)84(62-36-17-8-18-37-62)73-40-20-22-42-75(73)85)50-52-77(80)91(86)78-54-63(70-47-27-48-76-71-38-23-24-49-83(71)94-89(70)76)51-53-79(78)92(81)87-66(58-28-9-4-10-29-58)43-25-44-67(87)59-30-11-5-12-31-59/h4-57H,1-3H3. The molecular weight excluding hydrogens is 1140 g/mol. The molecule has 0 saturated heterocycles. The van der Waals surface area contributed by atoms with Crippen LogP contribution < -0.4 is 26.2 Å². The van der Waals surface area contributed by atoms with E-state index in [2.05, 4.69) is 358 Å². The van der Waals surface area contributed by atoms with Crippen molar-refractivity contribution in [3.05, 3.63) is 333 Å². The predicted molar refractivity (Wildman–Crippen MR) is 400 cm³/mol. The third kappa shape index (κ3) is 8.81. The smallest absolute Gasteiger partial charge is 0.252 e. The Morgan fingerprint density at radius 2 is 0.670 bits per heavy atom. The van der Waals surface area contributed by atoms with Crippen molar-refractivity contribution in [3.8, 4) is 77.9 Å². The van der Waals surface area contributed by atoms with Crippen LogP contribution in [-0.2, 0) is 5.41 Å². The molecule has 4 heteroatoms. The fourth-order valence-corrected chi connectivity index (χ4v) is 15.5. The van der Waals surface area contributed by atoms with Gasteiger partial charge in [0.2, 0.25) is 0 Å². The molecule has 3 nitrogen and oxygen atoms in total. The largest absolute Gasteiger partial charge is 0.455 e. The van der Waals surface area contributed by atoms with Gasteiger partial charge in [-0.05, 0) is 129 Å². The van der Waals surface area contributed by atoms with Crippen LogP contribution >= 0.6 is 0 Å². The van der Waals surface area contributed by atoms with Crippen molar-refractivity contribution in [2.45, 2.75) is 26.2 Å². The van der Waals surface area contributed by atoms with E-state index in [9.17, 15) is 0 Å². The highest BCUT2D eigenvalue weighted by Crippen LogP contribution is 2.55. The summed E-state index contributed by atoms with van der Waals surface area (Å²) in [4.78, 5) is 5.35. The van der Waals surface area contributed by atoms with Gasteiger partial charge in [0.05, 0.1) is 11.4 Å². The van der Waals surface area contributed by atoms with Gasteiger partial charge in [0.15, 0.2) is 0 Å². The second-order valence-electron chi connectivity index (χ2n) is 26.2. The van der Waals surface area contributed by atoms with Gasteiger partial charge in [-0.2, -0.15) is 0 Å². The molecule has 0 saturated carbocycles. The highest BCUT2D eigenvalue weighted by molar-refractivity contribution is 7.00. The maximum atomic E-state index is 6.93. The molecule has 0 amide bonds. The van der Waals surface area contributed by atoms with E-state index < -0.39 is 0 Å². The first kappa shape index (κ1) is 55.2. The molecule has 2 aliphatic rings. The third-order valence-corrected chi connectivity index (χ3v) is 19.8. The number of benzene rings is 15. The summed E-state index contributed by atoms with van der Waals surface area (Å²) in [5, 5.41) is 7.09. The number of anilines is 6. The van der Waals surface area contributed by atoms with Crippen LogP contribution in [0, 0.1) is 0 Å². The second kappa shape index (κ2) is 22.0. The number of hydrogen-bond acceptors (Lipinski definition) is 3. The molecule has 2 aliphatic heterocycles. The van der Waals surface area contributed by atoms with Gasteiger partial charge in [0, 0.05) is 61.3 Å². The van der Waals surface area contributed by atoms with Gasteiger partial charge in [-0.25, -0.2) is 0 Å². The summed E-state index contributed by atoms with van der Waals surface area (Å²) in [6, 6.07) is 122. The fourth-order valence-electron chi connectivity index (χ4n) is 15.5. The molecule has 3 heterocycles. The van der Waals surface area contributed by atoms with Crippen molar-refractivity contribution < 1.29 is 4.42 Å². The molecular formula is C90H63BN2O. The van der Waals surface area contributed by atoms with Gasteiger partial charge < -0.3 is 14.2 Å². The van der Waals surface area contributed by atoms with Gasteiger partial charge in [-0.3, -0.25) is 0 Å². The molecule has 15 aromatic carbocycles. The van der Waals surface area contributed by atoms with Crippen molar-refractivity contribution in [1.82, 2.24) is 0 Å². The SMILES string of the molecule is CC(C)(C)c1cc2c3c(c1)N(c1c(-c4ccccc4)cccc1-c1ccccc1)c1cc(-c4c5ccccc5c(-c5ccccc5)c5ccccc45)ccc1B3c1cc(-c3cccc4c3oc3ccccc34)ccc1N2c1c(-c2ccccc2)cccc1-c1ccccc1. The van der Waals surface area contributed by atoms with Crippen molar-refractivity contribution in [2.75, 3.05) is 9.80 Å². The zero-order chi connectivity index (χ0) is 62.6. The van der Waals surface area contributed by atoms with E-state index in [0.29, 0.717) is 0 Å². The Hall–Kier alpha value is -11.7. The third-order valence-electron chi connectivity index (χ3n) is 19.8. The average Bonchev–Trinajstić information content (AvgIpc) is 0.698. The highest BCUT2D eigenvalue weighted by Gasteiger charge is 2.46. The van der Waals surface area contributed by atoms with Gasteiger partial charge in [-0.1, -0.05) is 318 Å². The Labute approximate surface area is 548 Å². The fraction of sp³-hybridized carbons (Fsp3) is 0.0444. The van der Waals surface area contributed by atoms with Gasteiger partial charge in [-0.15, -0.1) is 0 Å². The molecule has 1 aromatic heterocycles. The molecule has 0 aliphatic carbocycles. The van der Waals surface area contributed by atoms with E-state index in [0.717, 1.165) is 117 Å². The summed E-state index contributed by atoms with van der Waals surface area (Å²) in [5.74, 6) is 0. The topological polar surface area (TPSA) is 19.6 Å². The van der Waals surface area contributed by atoms with Gasteiger partial charge in [0.25, 0.3) is 6.71 Å². The maximum Gasteiger partial charge on any atom is 0.252 e. The predicted octanol–water partition coefficient (Wildman–Crippen LogP) is 22.9.